The Bertz CT molecular complexity index is 417. The Morgan fingerprint density at radius 3 is 2.65 bits per heavy atom. The Morgan fingerprint density at radius 1 is 1.25 bits per heavy atom. The highest BCUT2D eigenvalue weighted by Crippen LogP contribution is 2.13. The average molecular weight is 278 g/mol. The summed E-state index contributed by atoms with van der Waals surface area (Å²) in [5.41, 5.74) is 1.16. The topological polar surface area (TPSA) is 50.4 Å². The van der Waals surface area contributed by atoms with E-state index in [0.717, 1.165) is 24.4 Å². The van der Waals surface area contributed by atoms with Gasteiger partial charge in [0.2, 0.25) is 0 Å². The van der Waals surface area contributed by atoms with Crippen LogP contribution >= 0.6 is 0 Å². The Balaban J connectivity index is 2.41. The second-order valence-electron chi connectivity index (χ2n) is 5.68. The first kappa shape index (κ1) is 16.5. The molecule has 20 heavy (non-hydrogen) atoms. The summed E-state index contributed by atoms with van der Waals surface area (Å²) in [6.45, 7) is 10.1. The van der Waals surface area contributed by atoms with Gasteiger partial charge < -0.3 is 15.4 Å². The van der Waals surface area contributed by atoms with Gasteiger partial charge in [-0.15, -0.1) is 0 Å². The molecule has 1 rings (SSSR count). The number of rotatable bonds is 8. The maximum atomic E-state index is 11.5. The molecule has 0 heterocycles. The minimum atomic E-state index is -0.0941. The van der Waals surface area contributed by atoms with Gasteiger partial charge in [-0.3, -0.25) is 4.79 Å². The zero-order valence-electron chi connectivity index (χ0n) is 12.9. The van der Waals surface area contributed by atoms with Crippen molar-refractivity contribution in [2.75, 3.05) is 13.2 Å². The molecule has 4 nitrogen and oxygen atoms in total. The number of carbonyl (C=O) groups excluding carboxylic acids is 1. The maximum Gasteiger partial charge on any atom is 0.258 e. The molecule has 0 aliphatic carbocycles. The van der Waals surface area contributed by atoms with Gasteiger partial charge in [0.05, 0.1) is 0 Å². The third kappa shape index (κ3) is 7.14. The van der Waals surface area contributed by atoms with E-state index < -0.39 is 0 Å². The molecule has 1 aromatic rings. The molecule has 1 amide bonds. The number of nitrogens with one attached hydrogen (secondary N) is 2. The quantitative estimate of drug-likeness (QED) is 0.767. The monoisotopic (exact) mass is 278 g/mol. The van der Waals surface area contributed by atoms with Crippen molar-refractivity contribution >= 4 is 5.91 Å². The van der Waals surface area contributed by atoms with Crippen LogP contribution in [0, 0.1) is 5.92 Å². The van der Waals surface area contributed by atoms with Gasteiger partial charge in [0, 0.05) is 12.6 Å². The van der Waals surface area contributed by atoms with Crippen molar-refractivity contribution < 1.29 is 9.53 Å². The fourth-order valence-corrected chi connectivity index (χ4v) is 1.76. The molecule has 0 fully saturated rings. The largest absolute Gasteiger partial charge is 0.484 e. The Morgan fingerprint density at radius 2 is 2.00 bits per heavy atom. The summed E-state index contributed by atoms with van der Waals surface area (Å²) < 4.78 is 5.50. The van der Waals surface area contributed by atoms with Crippen molar-refractivity contribution in [1.29, 1.82) is 0 Å². The first-order valence-electron chi connectivity index (χ1n) is 7.19. The number of hydrogen-bond donors (Lipinski definition) is 2. The predicted octanol–water partition coefficient (Wildman–Crippen LogP) is 2.34. The van der Waals surface area contributed by atoms with Gasteiger partial charge in [-0.05, 0) is 44.0 Å². The minimum absolute atomic E-state index is 0.0566. The minimum Gasteiger partial charge on any atom is -0.484 e. The van der Waals surface area contributed by atoms with E-state index in [-0.39, 0.29) is 18.6 Å². The lowest BCUT2D eigenvalue weighted by Gasteiger charge is -2.11. The average Bonchev–Trinajstić information content (AvgIpc) is 2.36. The van der Waals surface area contributed by atoms with E-state index >= 15 is 0 Å². The summed E-state index contributed by atoms with van der Waals surface area (Å²) in [4.78, 5) is 11.5. The molecule has 0 aliphatic heterocycles. The Labute approximate surface area is 121 Å². The van der Waals surface area contributed by atoms with Crippen molar-refractivity contribution in [2.45, 2.75) is 40.3 Å². The zero-order chi connectivity index (χ0) is 15.0. The van der Waals surface area contributed by atoms with Gasteiger partial charge in [-0.1, -0.05) is 26.0 Å². The zero-order valence-corrected chi connectivity index (χ0v) is 12.9. The normalized spacial score (nSPS) is 10.9. The number of benzene rings is 1. The summed E-state index contributed by atoms with van der Waals surface area (Å²) in [5.74, 6) is 1.27. The summed E-state index contributed by atoms with van der Waals surface area (Å²) in [6.07, 6.45) is 0. The number of ether oxygens (including phenoxy) is 1. The van der Waals surface area contributed by atoms with Gasteiger partial charge in [0.1, 0.15) is 5.75 Å². The van der Waals surface area contributed by atoms with Crippen LogP contribution in [0.5, 0.6) is 5.75 Å². The summed E-state index contributed by atoms with van der Waals surface area (Å²) in [6, 6.07) is 7.97. The lowest BCUT2D eigenvalue weighted by molar-refractivity contribution is -0.123. The van der Waals surface area contributed by atoms with Crippen LogP contribution in [0.3, 0.4) is 0 Å². The molecule has 112 valence electrons. The molecular formula is C16H26N2O2. The van der Waals surface area contributed by atoms with Crippen molar-refractivity contribution in [2.24, 2.45) is 5.92 Å². The van der Waals surface area contributed by atoms with Crippen LogP contribution in [0.15, 0.2) is 24.3 Å². The third-order valence-corrected chi connectivity index (χ3v) is 2.60. The van der Waals surface area contributed by atoms with Crippen molar-refractivity contribution in [1.82, 2.24) is 10.6 Å². The van der Waals surface area contributed by atoms with Gasteiger partial charge in [-0.2, -0.15) is 0 Å². The molecule has 0 aliphatic rings. The van der Waals surface area contributed by atoms with E-state index in [2.05, 4.69) is 24.5 Å². The van der Waals surface area contributed by atoms with Gasteiger partial charge in [-0.25, -0.2) is 0 Å². The van der Waals surface area contributed by atoms with E-state index in [1.54, 1.807) is 0 Å². The fraction of sp³-hybridized carbons (Fsp3) is 0.562. The van der Waals surface area contributed by atoms with E-state index in [1.807, 2.05) is 38.1 Å². The van der Waals surface area contributed by atoms with Crippen LogP contribution in [-0.2, 0) is 11.3 Å². The third-order valence-electron chi connectivity index (χ3n) is 2.60. The number of amides is 1. The molecule has 0 unspecified atom stereocenters. The summed E-state index contributed by atoms with van der Waals surface area (Å²) >= 11 is 0. The van der Waals surface area contributed by atoms with E-state index in [9.17, 15) is 4.79 Å². The second kappa shape index (κ2) is 8.59. The molecule has 2 N–H and O–H groups in total. The second-order valence-corrected chi connectivity index (χ2v) is 5.68. The van der Waals surface area contributed by atoms with Gasteiger partial charge in [0.25, 0.3) is 5.91 Å². The Kier molecular flexibility index (Phi) is 7.09. The van der Waals surface area contributed by atoms with Crippen molar-refractivity contribution in [3.63, 3.8) is 0 Å². The fourth-order valence-electron chi connectivity index (χ4n) is 1.76. The molecular weight excluding hydrogens is 252 g/mol. The molecule has 0 aromatic heterocycles. The molecule has 0 bridgehead atoms. The lowest BCUT2D eigenvalue weighted by Crippen LogP contribution is -2.34. The van der Waals surface area contributed by atoms with Crippen molar-refractivity contribution in [3.8, 4) is 5.75 Å². The van der Waals surface area contributed by atoms with E-state index in [1.165, 1.54) is 0 Å². The van der Waals surface area contributed by atoms with Gasteiger partial charge in [0.15, 0.2) is 6.61 Å². The maximum absolute atomic E-state index is 11.5. The van der Waals surface area contributed by atoms with Crippen LogP contribution < -0.4 is 15.4 Å². The van der Waals surface area contributed by atoms with Crippen LogP contribution in [0.25, 0.3) is 0 Å². The standard InChI is InChI=1S/C16H26N2O2/c1-12(2)9-17-10-14-6-5-7-15(8-14)20-11-16(19)18-13(3)4/h5-8,12-13,17H,9-11H2,1-4H3,(H,18,19). The molecule has 0 saturated carbocycles. The number of hydrogen-bond acceptors (Lipinski definition) is 3. The van der Waals surface area contributed by atoms with Gasteiger partial charge >= 0.3 is 0 Å². The Hall–Kier alpha value is -1.55. The highest BCUT2D eigenvalue weighted by atomic mass is 16.5. The van der Waals surface area contributed by atoms with E-state index in [0.29, 0.717) is 5.92 Å². The molecule has 0 atom stereocenters. The van der Waals surface area contributed by atoms with Crippen LogP contribution in [0.4, 0.5) is 0 Å². The van der Waals surface area contributed by atoms with Crippen LogP contribution in [-0.4, -0.2) is 25.1 Å². The first-order valence-corrected chi connectivity index (χ1v) is 7.19. The summed E-state index contributed by atoms with van der Waals surface area (Å²) in [7, 11) is 0. The molecule has 0 spiro atoms. The SMILES string of the molecule is CC(C)CNCc1cccc(OCC(=O)NC(C)C)c1. The smallest absolute Gasteiger partial charge is 0.258 e. The molecule has 1 aromatic carbocycles. The van der Waals surface area contributed by atoms with Crippen LogP contribution in [0.1, 0.15) is 33.3 Å². The van der Waals surface area contributed by atoms with Crippen LogP contribution in [0.2, 0.25) is 0 Å². The highest BCUT2D eigenvalue weighted by molar-refractivity contribution is 5.77. The lowest BCUT2D eigenvalue weighted by atomic mass is 10.2. The van der Waals surface area contributed by atoms with Crippen molar-refractivity contribution in [3.05, 3.63) is 29.8 Å². The molecule has 4 heteroatoms. The highest BCUT2D eigenvalue weighted by Gasteiger charge is 2.04. The van der Waals surface area contributed by atoms with E-state index in [4.69, 9.17) is 4.74 Å². The first-order chi connectivity index (χ1) is 9.47. The number of carbonyl (C=O) groups is 1. The predicted molar refractivity (Wildman–Crippen MR) is 81.8 cm³/mol. The molecule has 0 saturated heterocycles. The summed E-state index contributed by atoms with van der Waals surface area (Å²) in [5, 5.41) is 6.18. The molecule has 0 radical (unpaired) electrons.